The molecule has 0 bridgehead atoms. The molecular weight excluding hydrogens is 454 g/mol. The van der Waals surface area contributed by atoms with Gasteiger partial charge in [0.15, 0.2) is 5.41 Å². The van der Waals surface area contributed by atoms with Crippen LogP contribution in [0.3, 0.4) is 0 Å². The van der Waals surface area contributed by atoms with Gasteiger partial charge in [0, 0.05) is 18.6 Å². The normalized spacial score (nSPS) is 39.0. The van der Waals surface area contributed by atoms with E-state index >= 15 is 0 Å². The van der Waals surface area contributed by atoms with E-state index < -0.39 is 19.7 Å². The van der Waals surface area contributed by atoms with Crippen LogP contribution < -0.4 is 0 Å². The summed E-state index contributed by atoms with van der Waals surface area (Å²) in [4.78, 5) is 12.9. The molecule has 0 spiro atoms. The largest absolute Gasteiger partial charge is 0.468 e. The minimum Gasteiger partial charge on any atom is -0.468 e. The fraction of sp³-hybridized carbons (Fsp3) is 0.862. The van der Waals surface area contributed by atoms with Crippen LogP contribution in [0.4, 0.5) is 0 Å². The highest BCUT2D eigenvalue weighted by Crippen LogP contribution is 2.70. The summed E-state index contributed by atoms with van der Waals surface area (Å²) in [6.07, 6.45) is 7.96. The molecule has 3 rings (SSSR count). The lowest BCUT2D eigenvalue weighted by Gasteiger charge is -2.61. The van der Waals surface area contributed by atoms with Crippen molar-refractivity contribution in [3.05, 3.63) is 12.2 Å². The van der Waals surface area contributed by atoms with Gasteiger partial charge in [-0.25, -0.2) is 0 Å². The summed E-state index contributed by atoms with van der Waals surface area (Å²) in [6.45, 7) is 19.4. The predicted octanol–water partition coefficient (Wildman–Crippen LogP) is 6.90. The number of methoxy groups -OCH3 is 2. The lowest BCUT2D eigenvalue weighted by molar-refractivity contribution is -0.153. The minimum absolute atomic E-state index is 0.0773. The molecule has 0 radical (unpaired) electrons. The minimum atomic E-state index is -2.00. The molecule has 0 aliphatic heterocycles. The number of nitrogens with zero attached hydrogens (tertiary/aromatic N) is 1. The molecule has 0 aromatic heterocycles. The molecule has 7 atom stereocenters. The third-order valence-electron chi connectivity index (χ3n) is 10.7. The molecule has 0 heterocycles. The highest BCUT2D eigenvalue weighted by molar-refractivity contribution is 6.77. The second kappa shape index (κ2) is 9.95. The number of carbonyl (C=O) groups is 1. The molecule has 1 unspecified atom stereocenters. The fourth-order valence-corrected chi connectivity index (χ4v) is 14.7. The molecule has 5 nitrogen and oxygen atoms in total. The molecule has 35 heavy (non-hydrogen) atoms. The molecular formula is C29H49NO4Si. The van der Waals surface area contributed by atoms with Gasteiger partial charge in [-0.3, -0.25) is 4.79 Å². The zero-order chi connectivity index (χ0) is 26.4. The zero-order valence-corrected chi connectivity index (χ0v) is 24.8. The number of hydrogen-bond donors (Lipinski definition) is 0. The van der Waals surface area contributed by atoms with Crippen molar-refractivity contribution in [2.75, 3.05) is 20.8 Å². The Kier molecular flexibility index (Phi) is 8.08. The Hall–Kier alpha value is -1.16. The molecule has 198 valence electrons. The van der Waals surface area contributed by atoms with E-state index in [-0.39, 0.29) is 22.9 Å². The van der Waals surface area contributed by atoms with Crippen LogP contribution in [0.25, 0.3) is 0 Å². The number of rotatable bonds is 8. The third kappa shape index (κ3) is 4.05. The van der Waals surface area contributed by atoms with Gasteiger partial charge >= 0.3 is 5.97 Å². The molecule has 2 saturated carbocycles. The summed E-state index contributed by atoms with van der Waals surface area (Å²) in [7, 11) is 1.14. The van der Waals surface area contributed by atoms with E-state index in [0.717, 1.165) is 12.8 Å². The van der Waals surface area contributed by atoms with Crippen molar-refractivity contribution in [1.29, 1.82) is 5.26 Å². The highest BCUT2D eigenvalue weighted by Gasteiger charge is 2.69. The van der Waals surface area contributed by atoms with Crippen LogP contribution in [0.5, 0.6) is 0 Å². The molecule has 2 fully saturated rings. The molecule has 3 aliphatic carbocycles. The molecule has 0 N–H and O–H groups in total. The van der Waals surface area contributed by atoms with Crippen molar-refractivity contribution >= 4 is 14.3 Å². The van der Waals surface area contributed by atoms with E-state index in [1.54, 1.807) is 7.11 Å². The predicted molar refractivity (Wildman–Crippen MR) is 142 cm³/mol. The van der Waals surface area contributed by atoms with Crippen LogP contribution in [0.1, 0.15) is 81.1 Å². The van der Waals surface area contributed by atoms with Crippen LogP contribution >= 0.6 is 0 Å². The maximum absolute atomic E-state index is 12.9. The van der Waals surface area contributed by atoms with Crippen molar-refractivity contribution in [3.8, 4) is 6.07 Å². The van der Waals surface area contributed by atoms with Crippen molar-refractivity contribution in [1.82, 2.24) is 0 Å². The standard InChI is InChI=1S/C29H49NO4Si/c1-19(2)35(20(3)4,21(5)6)34-25-13-14-27(8)24(22(25)7)12-11-23-15-28(17-30,26(31)33-10)16-29(23,27)18-32-9/h11-12,19-25H,13-16,18H2,1-10H3/t22-,23?,24+,25-,27+,28+,29+/m0/s1. The number of allylic oxidation sites excluding steroid dienone is 2. The first-order chi connectivity index (χ1) is 16.3. The van der Waals surface area contributed by atoms with E-state index in [4.69, 9.17) is 13.9 Å². The number of esters is 1. The van der Waals surface area contributed by atoms with Crippen molar-refractivity contribution in [2.45, 2.75) is 104 Å². The first-order valence-electron chi connectivity index (χ1n) is 13.7. The Morgan fingerprint density at radius 3 is 2.20 bits per heavy atom. The zero-order valence-electron chi connectivity index (χ0n) is 23.8. The second-order valence-corrected chi connectivity index (χ2v) is 18.4. The van der Waals surface area contributed by atoms with Gasteiger partial charge < -0.3 is 13.9 Å². The van der Waals surface area contributed by atoms with Crippen LogP contribution in [0.2, 0.25) is 16.6 Å². The van der Waals surface area contributed by atoms with Crippen molar-refractivity contribution < 1.29 is 18.7 Å². The van der Waals surface area contributed by atoms with Gasteiger partial charge in [0.1, 0.15) is 0 Å². The number of ether oxygens (including phenoxy) is 2. The fourth-order valence-electron chi connectivity index (χ4n) is 8.99. The molecule has 0 aromatic rings. The maximum Gasteiger partial charge on any atom is 0.326 e. The Morgan fingerprint density at radius 1 is 1.11 bits per heavy atom. The molecule has 0 aromatic carbocycles. The molecule has 6 heteroatoms. The van der Waals surface area contributed by atoms with Crippen molar-refractivity contribution in [3.63, 3.8) is 0 Å². The first-order valence-corrected chi connectivity index (χ1v) is 15.8. The van der Waals surface area contributed by atoms with Gasteiger partial charge in [-0.2, -0.15) is 5.26 Å². The number of nitriles is 1. The van der Waals surface area contributed by atoms with Gasteiger partial charge in [-0.1, -0.05) is 67.5 Å². The SMILES string of the molecule is COC[C@]12C[C@](C#N)(C(=O)OC)CC1C=C[C@@H]1[C@H](C)[C@@H](O[Si](C(C)C)(C(C)C)C(C)C)CC[C@]12C. The molecule has 3 aliphatic rings. The lowest BCUT2D eigenvalue weighted by Crippen LogP contribution is -2.59. The van der Waals surface area contributed by atoms with Gasteiger partial charge in [0.2, 0.25) is 8.32 Å². The van der Waals surface area contributed by atoms with Crippen LogP contribution in [0, 0.1) is 45.3 Å². The topological polar surface area (TPSA) is 68.5 Å². The van der Waals surface area contributed by atoms with Crippen LogP contribution in [0.15, 0.2) is 12.2 Å². The smallest absolute Gasteiger partial charge is 0.326 e. The number of fused-ring (bicyclic) bond motifs is 3. The second-order valence-electron chi connectivity index (χ2n) is 13.0. The Labute approximate surface area is 215 Å². The Bertz CT molecular complexity index is 841. The summed E-state index contributed by atoms with van der Waals surface area (Å²) in [5.74, 6) is 0.406. The van der Waals surface area contributed by atoms with E-state index in [1.165, 1.54) is 7.11 Å². The van der Waals surface area contributed by atoms with E-state index in [2.05, 4.69) is 73.6 Å². The number of hydrogen-bond acceptors (Lipinski definition) is 5. The van der Waals surface area contributed by atoms with Gasteiger partial charge in [-0.15, -0.1) is 0 Å². The Morgan fingerprint density at radius 2 is 1.71 bits per heavy atom. The summed E-state index contributed by atoms with van der Waals surface area (Å²) in [5.41, 5.74) is 0.214. The summed E-state index contributed by atoms with van der Waals surface area (Å²) < 4.78 is 18.4. The van der Waals surface area contributed by atoms with E-state index in [1.807, 2.05) is 0 Å². The molecule has 0 saturated heterocycles. The molecule has 0 amide bonds. The van der Waals surface area contributed by atoms with E-state index in [0.29, 0.717) is 47.9 Å². The highest BCUT2D eigenvalue weighted by atomic mass is 28.4. The van der Waals surface area contributed by atoms with Gasteiger partial charge in [0.25, 0.3) is 0 Å². The van der Waals surface area contributed by atoms with Crippen LogP contribution in [-0.2, 0) is 18.7 Å². The first kappa shape index (κ1) is 28.4. The van der Waals surface area contributed by atoms with Crippen LogP contribution in [-0.4, -0.2) is 41.2 Å². The summed E-state index contributed by atoms with van der Waals surface area (Å²) in [5, 5.41) is 10.2. The lowest BCUT2D eigenvalue weighted by atomic mass is 9.45. The van der Waals surface area contributed by atoms with Gasteiger partial charge in [0.05, 0.1) is 19.8 Å². The Balaban J connectivity index is 2.01. The monoisotopic (exact) mass is 503 g/mol. The third-order valence-corrected chi connectivity index (χ3v) is 16.8. The maximum atomic E-state index is 12.9. The van der Waals surface area contributed by atoms with Gasteiger partial charge in [-0.05, 0) is 65.5 Å². The average molecular weight is 504 g/mol. The summed E-state index contributed by atoms with van der Waals surface area (Å²) >= 11 is 0. The summed E-state index contributed by atoms with van der Waals surface area (Å²) in [6, 6.07) is 2.39. The number of carbonyl (C=O) groups excluding carboxylic acids is 1. The quantitative estimate of drug-likeness (QED) is 0.205. The van der Waals surface area contributed by atoms with Crippen molar-refractivity contribution in [2.24, 2.45) is 34.0 Å². The van der Waals surface area contributed by atoms with E-state index in [9.17, 15) is 10.1 Å². The average Bonchev–Trinajstić information content (AvgIpc) is 3.14.